The molecule has 0 aliphatic heterocycles. The molecule has 0 aliphatic carbocycles. The second-order valence-electron chi connectivity index (χ2n) is 3.93. The van der Waals surface area contributed by atoms with Crippen LogP contribution in [0.25, 0.3) is 0 Å². The van der Waals surface area contributed by atoms with Crippen LogP contribution in [0.15, 0.2) is 53.5 Å². The minimum absolute atomic E-state index is 0. The first-order chi connectivity index (χ1) is 9.15. The summed E-state index contributed by atoms with van der Waals surface area (Å²) in [5.74, 6) is -0.853. The Morgan fingerprint density at radius 3 is 2.50 bits per heavy atom. The third kappa shape index (κ3) is 4.76. The summed E-state index contributed by atoms with van der Waals surface area (Å²) in [6, 6.07) is 12.5. The fraction of sp³-hybridized carbons (Fsp3) is 0.0714. The number of nitrogens with one attached hydrogen (secondary N) is 1. The van der Waals surface area contributed by atoms with E-state index in [1.165, 1.54) is 0 Å². The van der Waals surface area contributed by atoms with Gasteiger partial charge in [0.1, 0.15) is 11.6 Å². The highest BCUT2D eigenvalue weighted by Crippen LogP contribution is 2.11. The van der Waals surface area contributed by atoms with Gasteiger partial charge in [-0.1, -0.05) is 18.2 Å². The van der Waals surface area contributed by atoms with Gasteiger partial charge in [-0.05, 0) is 30.3 Å². The van der Waals surface area contributed by atoms with Gasteiger partial charge in [-0.3, -0.25) is 0 Å². The number of para-hydroxylation sites is 1. The van der Waals surface area contributed by atoms with Crippen LogP contribution in [0.4, 0.5) is 14.5 Å². The molecule has 0 saturated heterocycles. The van der Waals surface area contributed by atoms with Gasteiger partial charge in [0.2, 0.25) is 0 Å². The molecule has 0 aliphatic rings. The predicted molar refractivity (Wildman–Crippen MR) is 87.2 cm³/mol. The van der Waals surface area contributed by atoms with Gasteiger partial charge in [-0.25, -0.2) is 13.8 Å². The number of guanidine groups is 1. The lowest BCUT2D eigenvalue weighted by Gasteiger charge is -2.05. The van der Waals surface area contributed by atoms with E-state index < -0.39 is 11.6 Å². The second-order valence-corrected chi connectivity index (χ2v) is 3.93. The maximum Gasteiger partial charge on any atom is 0.193 e. The Kier molecular flexibility index (Phi) is 6.37. The molecule has 106 valence electrons. The van der Waals surface area contributed by atoms with Crippen molar-refractivity contribution in [2.75, 3.05) is 5.32 Å². The molecule has 0 spiro atoms. The molecule has 0 fully saturated rings. The average Bonchev–Trinajstić information content (AvgIpc) is 2.41. The third-order valence-corrected chi connectivity index (χ3v) is 2.47. The van der Waals surface area contributed by atoms with Crippen molar-refractivity contribution in [2.24, 2.45) is 10.7 Å². The Hall–Kier alpha value is -1.70. The van der Waals surface area contributed by atoms with Crippen molar-refractivity contribution in [3.05, 3.63) is 65.7 Å². The summed E-state index contributed by atoms with van der Waals surface area (Å²) in [6.07, 6.45) is 0. The molecule has 0 amide bonds. The van der Waals surface area contributed by atoms with Crippen molar-refractivity contribution in [2.45, 2.75) is 6.54 Å². The van der Waals surface area contributed by atoms with Gasteiger partial charge in [0.05, 0.1) is 6.54 Å². The number of aliphatic imine (C=N–C) groups is 1. The number of nitrogens with zero attached hydrogens (tertiary/aromatic N) is 1. The van der Waals surface area contributed by atoms with Crippen LogP contribution in [0.1, 0.15) is 5.56 Å². The number of halogens is 3. The summed E-state index contributed by atoms with van der Waals surface area (Å²) in [5.41, 5.74) is 6.61. The molecule has 0 unspecified atom stereocenters. The van der Waals surface area contributed by atoms with Crippen LogP contribution in [0, 0.1) is 11.6 Å². The van der Waals surface area contributed by atoms with Crippen LogP contribution < -0.4 is 11.1 Å². The first-order valence-electron chi connectivity index (χ1n) is 5.71. The SMILES string of the molecule is I.NC(=NCc1cc(F)ccc1F)Nc1ccccc1. The van der Waals surface area contributed by atoms with Crippen LogP contribution in [0.3, 0.4) is 0 Å². The zero-order valence-corrected chi connectivity index (χ0v) is 12.8. The molecule has 2 aromatic carbocycles. The summed E-state index contributed by atoms with van der Waals surface area (Å²) in [5, 5.41) is 2.86. The Bertz CT molecular complexity index is 588. The smallest absolute Gasteiger partial charge is 0.193 e. The van der Waals surface area contributed by atoms with Crippen LogP contribution in [0.5, 0.6) is 0 Å². The highest BCUT2D eigenvalue weighted by atomic mass is 127. The molecule has 3 nitrogen and oxygen atoms in total. The molecule has 3 N–H and O–H groups in total. The van der Waals surface area contributed by atoms with Gasteiger partial charge < -0.3 is 11.1 Å². The maximum atomic E-state index is 13.3. The normalized spacial score (nSPS) is 10.8. The van der Waals surface area contributed by atoms with Crippen molar-refractivity contribution < 1.29 is 8.78 Å². The Balaban J connectivity index is 0.00000200. The van der Waals surface area contributed by atoms with Crippen molar-refractivity contribution in [3.63, 3.8) is 0 Å². The summed E-state index contributed by atoms with van der Waals surface area (Å²) < 4.78 is 26.3. The largest absolute Gasteiger partial charge is 0.370 e. The first-order valence-corrected chi connectivity index (χ1v) is 5.71. The fourth-order valence-electron chi connectivity index (χ4n) is 1.54. The van der Waals surface area contributed by atoms with Crippen molar-refractivity contribution in [1.29, 1.82) is 0 Å². The third-order valence-electron chi connectivity index (χ3n) is 2.47. The molecule has 0 aromatic heterocycles. The van der Waals surface area contributed by atoms with E-state index in [1.54, 1.807) is 0 Å². The lowest BCUT2D eigenvalue weighted by atomic mass is 10.2. The summed E-state index contributed by atoms with van der Waals surface area (Å²) in [6.45, 7) is -0.0186. The van der Waals surface area contributed by atoms with Gasteiger partial charge in [-0.2, -0.15) is 0 Å². The van der Waals surface area contributed by atoms with E-state index in [-0.39, 0.29) is 42.0 Å². The van der Waals surface area contributed by atoms with Gasteiger partial charge in [0, 0.05) is 11.3 Å². The first kappa shape index (κ1) is 16.4. The molecule has 0 atom stereocenters. The highest BCUT2D eigenvalue weighted by molar-refractivity contribution is 14.0. The lowest BCUT2D eigenvalue weighted by Crippen LogP contribution is -2.22. The Morgan fingerprint density at radius 1 is 1.10 bits per heavy atom. The molecule has 2 rings (SSSR count). The molecule has 6 heteroatoms. The van der Waals surface area contributed by atoms with E-state index in [1.807, 2.05) is 30.3 Å². The molecule has 0 heterocycles. The Labute approximate surface area is 132 Å². The zero-order valence-electron chi connectivity index (χ0n) is 10.5. The van der Waals surface area contributed by atoms with E-state index in [4.69, 9.17) is 5.73 Å². The Morgan fingerprint density at radius 2 is 1.80 bits per heavy atom. The maximum absolute atomic E-state index is 13.3. The number of benzene rings is 2. The summed E-state index contributed by atoms with van der Waals surface area (Å²) >= 11 is 0. The topological polar surface area (TPSA) is 50.4 Å². The standard InChI is InChI=1S/C14H13F2N3.HI/c15-11-6-7-13(16)10(8-11)9-18-14(17)19-12-4-2-1-3-5-12;/h1-8H,9H2,(H3,17,18,19);1H. The molecular formula is C14H14F2IN3. The minimum atomic E-state index is -0.502. The predicted octanol–water partition coefficient (Wildman–Crippen LogP) is 3.51. The molecule has 2 aromatic rings. The van der Waals surface area contributed by atoms with Crippen LogP contribution >= 0.6 is 24.0 Å². The fourth-order valence-corrected chi connectivity index (χ4v) is 1.54. The highest BCUT2D eigenvalue weighted by Gasteiger charge is 2.03. The average molecular weight is 389 g/mol. The molecular weight excluding hydrogens is 375 g/mol. The second kappa shape index (κ2) is 7.78. The van der Waals surface area contributed by atoms with Crippen molar-refractivity contribution in [1.82, 2.24) is 0 Å². The van der Waals surface area contributed by atoms with Crippen LogP contribution in [-0.2, 0) is 6.54 Å². The molecule has 0 radical (unpaired) electrons. The number of hydrogen-bond donors (Lipinski definition) is 2. The van der Waals surface area contributed by atoms with E-state index in [0.29, 0.717) is 0 Å². The summed E-state index contributed by atoms with van der Waals surface area (Å²) in [4.78, 5) is 3.97. The van der Waals surface area contributed by atoms with E-state index in [2.05, 4.69) is 10.3 Å². The monoisotopic (exact) mass is 389 g/mol. The number of hydrogen-bond acceptors (Lipinski definition) is 1. The lowest BCUT2D eigenvalue weighted by molar-refractivity contribution is 0.586. The zero-order chi connectivity index (χ0) is 13.7. The van der Waals surface area contributed by atoms with E-state index >= 15 is 0 Å². The number of anilines is 1. The minimum Gasteiger partial charge on any atom is -0.370 e. The van der Waals surface area contributed by atoms with Crippen LogP contribution in [-0.4, -0.2) is 5.96 Å². The van der Waals surface area contributed by atoms with Gasteiger partial charge >= 0.3 is 0 Å². The molecule has 0 bridgehead atoms. The molecule has 20 heavy (non-hydrogen) atoms. The quantitative estimate of drug-likeness (QED) is 0.480. The van der Waals surface area contributed by atoms with E-state index in [0.717, 1.165) is 23.9 Å². The van der Waals surface area contributed by atoms with Crippen molar-refractivity contribution >= 4 is 35.6 Å². The number of nitrogens with two attached hydrogens (primary N) is 1. The van der Waals surface area contributed by atoms with E-state index in [9.17, 15) is 8.78 Å². The molecule has 0 saturated carbocycles. The van der Waals surface area contributed by atoms with Gasteiger partial charge in [0.15, 0.2) is 5.96 Å². The van der Waals surface area contributed by atoms with Crippen LogP contribution in [0.2, 0.25) is 0 Å². The summed E-state index contributed by atoms with van der Waals surface area (Å²) in [7, 11) is 0. The number of rotatable bonds is 3. The van der Waals surface area contributed by atoms with Gasteiger partial charge in [0.25, 0.3) is 0 Å². The van der Waals surface area contributed by atoms with Crippen molar-refractivity contribution in [3.8, 4) is 0 Å². The van der Waals surface area contributed by atoms with Gasteiger partial charge in [-0.15, -0.1) is 24.0 Å².